The minimum Gasteiger partial charge on any atom is -0.377 e. The Kier molecular flexibility index (Phi) is 5.35. The lowest BCUT2D eigenvalue weighted by Crippen LogP contribution is -2.42. The summed E-state index contributed by atoms with van der Waals surface area (Å²) in [6.45, 7) is 0.695. The second kappa shape index (κ2) is 7.77. The molecule has 1 aromatic heterocycles. The van der Waals surface area contributed by atoms with Gasteiger partial charge in [-0.25, -0.2) is 0 Å². The summed E-state index contributed by atoms with van der Waals surface area (Å²) in [5, 5.41) is 13.2. The molecule has 4 rings (SSSR count). The lowest BCUT2D eigenvalue weighted by molar-refractivity contribution is -0.127. The molecule has 2 aromatic rings. The van der Waals surface area contributed by atoms with Crippen LogP contribution in [0, 0.1) is 5.92 Å². The van der Waals surface area contributed by atoms with Gasteiger partial charge in [-0.1, -0.05) is 35.1 Å². The van der Waals surface area contributed by atoms with Crippen molar-refractivity contribution in [2.24, 2.45) is 5.92 Å². The van der Waals surface area contributed by atoms with Crippen LogP contribution in [-0.2, 0) is 27.4 Å². The van der Waals surface area contributed by atoms with Crippen molar-refractivity contribution in [2.75, 3.05) is 18.6 Å². The lowest BCUT2D eigenvalue weighted by atomic mass is 10.0. The number of nitrogens with one attached hydrogen (secondary N) is 1. The zero-order valence-electron chi connectivity index (χ0n) is 15.5. The van der Waals surface area contributed by atoms with E-state index < -0.39 is 0 Å². The van der Waals surface area contributed by atoms with Crippen LogP contribution in [0.3, 0.4) is 0 Å². The Morgan fingerprint density at radius 2 is 2.11 bits per heavy atom. The first-order valence-corrected chi connectivity index (χ1v) is 10.4. The van der Waals surface area contributed by atoms with Crippen LogP contribution in [0.15, 0.2) is 24.3 Å². The number of hydrogen-bond donors (Lipinski definition) is 1. The van der Waals surface area contributed by atoms with E-state index in [4.69, 9.17) is 16.3 Å². The van der Waals surface area contributed by atoms with E-state index in [1.54, 1.807) is 12.0 Å². The van der Waals surface area contributed by atoms with E-state index in [0.29, 0.717) is 28.3 Å². The maximum atomic E-state index is 12.8. The molecule has 1 atom stereocenters. The number of amides is 2. The van der Waals surface area contributed by atoms with E-state index in [2.05, 4.69) is 15.5 Å². The first-order chi connectivity index (χ1) is 13.5. The molecule has 0 radical (unpaired) electrons. The maximum Gasteiger partial charge on any atom is 0.229 e. The lowest BCUT2D eigenvalue weighted by Gasteiger charge is -2.20. The van der Waals surface area contributed by atoms with Gasteiger partial charge in [0.05, 0.1) is 5.92 Å². The highest BCUT2D eigenvalue weighted by Crippen LogP contribution is 2.39. The average molecular weight is 421 g/mol. The van der Waals surface area contributed by atoms with E-state index in [-0.39, 0.29) is 29.7 Å². The molecule has 1 aliphatic heterocycles. The molecule has 7 nitrogen and oxygen atoms in total. The average Bonchev–Trinajstić information content (AvgIpc) is 3.07. The molecule has 1 saturated carbocycles. The number of anilines is 1. The van der Waals surface area contributed by atoms with Crippen LogP contribution >= 0.6 is 22.9 Å². The number of ether oxygens (including phenoxy) is 1. The third-order valence-corrected chi connectivity index (χ3v) is 6.32. The van der Waals surface area contributed by atoms with Crippen molar-refractivity contribution in [2.45, 2.75) is 37.8 Å². The van der Waals surface area contributed by atoms with Gasteiger partial charge in [0.2, 0.25) is 16.9 Å². The molecule has 0 bridgehead atoms. The number of halogens is 1. The van der Waals surface area contributed by atoms with Crippen molar-refractivity contribution in [3.05, 3.63) is 39.9 Å². The maximum absolute atomic E-state index is 12.8. The number of hydrogen-bond acceptors (Lipinski definition) is 6. The molecule has 1 N–H and O–H groups in total. The number of carbonyl (C=O) groups is 2. The van der Waals surface area contributed by atoms with Crippen LogP contribution in [0.4, 0.5) is 5.13 Å². The molecule has 148 valence electrons. The van der Waals surface area contributed by atoms with Crippen LogP contribution < -0.4 is 10.2 Å². The molecule has 9 heteroatoms. The van der Waals surface area contributed by atoms with Crippen LogP contribution in [0.25, 0.3) is 0 Å². The molecule has 2 heterocycles. The molecular formula is C19H21ClN4O3S. The first kappa shape index (κ1) is 19.3. The molecule has 2 amide bonds. The summed E-state index contributed by atoms with van der Waals surface area (Å²) < 4.78 is 5.04. The zero-order valence-corrected chi connectivity index (χ0v) is 17.1. The SMILES string of the molecule is COCc1nnc(N2CC(C(=O)NC3(Cc4ccc(Cl)cc4)CC3)CC2=O)s1. The van der Waals surface area contributed by atoms with Crippen LogP contribution in [0.1, 0.15) is 29.8 Å². The Hall–Kier alpha value is -2.03. The van der Waals surface area contributed by atoms with Gasteiger partial charge in [-0.05, 0) is 37.0 Å². The van der Waals surface area contributed by atoms with Crippen LogP contribution in [0.2, 0.25) is 5.02 Å². The number of nitrogens with zero attached hydrogens (tertiary/aromatic N) is 3. The smallest absolute Gasteiger partial charge is 0.229 e. The fourth-order valence-corrected chi connectivity index (χ4v) is 4.42. The number of aromatic nitrogens is 2. The van der Waals surface area contributed by atoms with E-state index in [0.717, 1.165) is 24.8 Å². The van der Waals surface area contributed by atoms with Crippen LogP contribution in [0.5, 0.6) is 0 Å². The summed E-state index contributed by atoms with van der Waals surface area (Å²) in [4.78, 5) is 26.8. The highest BCUT2D eigenvalue weighted by Gasteiger charge is 2.46. The topological polar surface area (TPSA) is 84.4 Å². The van der Waals surface area contributed by atoms with Gasteiger partial charge in [-0.15, -0.1) is 10.2 Å². The fraction of sp³-hybridized carbons (Fsp3) is 0.474. The molecule has 1 saturated heterocycles. The normalized spacial score (nSPS) is 20.4. The molecule has 2 fully saturated rings. The van der Waals surface area contributed by atoms with E-state index >= 15 is 0 Å². The monoisotopic (exact) mass is 420 g/mol. The third kappa shape index (κ3) is 4.19. The second-order valence-corrected chi connectivity index (χ2v) is 8.87. The van der Waals surface area contributed by atoms with E-state index in [9.17, 15) is 9.59 Å². The van der Waals surface area contributed by atoms with Crippen molar-refractivity contribution < 1.29 is 14.3 Å². The summed E-state index contributed by atoms with van der Waals surface area (Å²) in [6, 6.07) is 7.70. The minimum absolute atomic E-state index is 0.0658. The molecule has 0 spiro atoms. The van der Waals surface area contributed by atoms with Gasteiger partial charge in [0.15, 0.2) is 0 Å². The van der Waals surface area contributed by atoms with Crippen LogP contribution in [-0.4, -0.2) is 41.2 Å². The zero-order chi connectivity index (χ0) is 19.7. The van der Waals surface area contributed by atoms with Gasteiger partial charge in [0.1, 0.15) is 11.6 Å². The van der Waals surface area contributed by atoms with Gasteiger partial charge in [0, 0.05) is 30.6 Å². The first-order valence-electron chi connectivity index (χ1n) is 9.16. The number of carbonyl (C=O) groups excluding carboxylic acids is 2. The number of methoxy groups -OCH3 is 1. The Balaban J connectivity index is 1.37. The van der Waals surface area contributed by atoms with Gasteiger partial charge in [0.25, 0.3) is 0 Å². The fourth-order valence-electron chi connectivity index (χ4n) is 3.46. The van der Waals surface area contributed by atoms with E-state index in [1.165, 1.54) is 11.3 Å². The predicted octanol–water partition coefficient (Wildman–Crippen LogP) is 2.58. The van der Waals surface area contributed by atoms with Gasteiger partial charge in [-0.3, -0.25) is 14.5 Å². The summed E-state index contributed by atoms with van der Waals surface area (Å²) in [7, 11) is 1.58. The quantitative estimate of drug-likeness (QED) is 0.744. The highest BCUT2D eigenvalue weighted by molar-refractivity contribution is 7.15. The van der Waals surface area contributed by atoms with Crippen molar-refractivity contribution in [3.63, 3.8) is 0 Å². The molecular weight excluding hydrogens is 400 g/mol. The number of rotatable bonds is 7. The van der Waals surface area contributed by atoms with Crippen molar-refractivity contribution in [3.8, 4) is 0 Å². The Bertz CT molecular complexity index is 882. The standard InChI is InChI=1S/C19H21ClN4O3S/c1-27-11-15-22-23-18(28-15)24-10-13(8-16(24)25)17(26)21-19(6-7-19)9-12-2-4-14(20)5-3-12/h2-5,13H,6-11H2,1H3,(H,21,26). The summed E-state index contributed by atoms with van der Waals surface area (Å²) in [6.07, 6.45) is 2.87. The van der Waals surface area contributed by atoms with Crippen molar-refractivity contribution >= 4 is 39.9 Å². The predicted molar refractivity (Wildman–Crippen MR) is 106 cm³/mol. The Labute approximate surface area is 172 Å². The highest BCUT2D eigenvalue weighted by atomic mass is 35.5. The van der Waals surface area contributed by atoms with Crippen molar-refractivity contribution in [1.29, 1.82) is 0 Å². The van der Waals surface area contributed by atoms with Gasteiger partial charge >= 0.3 is 0 Å². The Morgan fingerprint density at radius 3 is 2.79 bits per heavy atom. The largest absolute Gasteiger partial charge is 0.377 e. The van der Waals surface area contributed by atoms with Gasteiger partial charge < -0.3 is 10.1 Å². The summed E-state index contributed by atoms with van der Waals surface area (Å²) in [5.41, 5.74) is 0.946. The van der Waals surface area contributed by atoms with E-state index in [1.807, 2.05) is 24.3 Å². The molecule has 1 aromatic carbocycles. The van der Waals surface area contributed by atoms with Gasteiger partial charge in [-0.2, -0.15) is 0 Å². The molecule has 2 aliphatic rings. The molecule has 28 heavy (non-hydrogen) atoms. The minimum atomic E-state index is -0.370. The Morgan fingerprint density at radius 1 is 1.36 bits per heavy atom. The molecule has 1 unspecified atom stereocenters. The summed E-state index contributed by atoms with van der Waals surface area (Å²) >= 11 is 7.26. The molecule has 1 aliphatic carbocycles. The third-order valence-electron chi connectivity index (χ3n) is 5.15. The summed E-state index contributed by atoms with van der Waals surface area (Å²) in [5.74, 6) is -0.531. The second-order valence-electron chi connectivity index (χ2n) is 7.39. The van der Waals surface area contributed by atoms with Crippen molar-refractivity contribution in [1.82, 2.24) is 15.5 Å². The number of benzene rings is 1.